The van der Waals surface area contributed by atoms with Gasteiger partial charge in [0.15, 0.2) is 0 Å². The van der Waals surface area contributed by atoms with Crippen LogP contribution in [-0.4, -0.2) is 23.6 Å². The summed E-state index contributed by atoms with van der Waals surface area (Å²) in [5.74, 6) is -0.378. The number of hydrogen-bond donors (Lipinski definition) is 4. The molecule has 1 heterocycles. The second-order valence-corrected chi connectivity index (χ2v) is 8.85. The second kappa shape index (κ2) is 9.63. The van der Waals surface area contributed by atoms with E-state index in [2.05, 4.69) is 10.6 Å². The molecule has 0 bridgehead atoms. The minimum atomic E-state index is -0.748. The summed E-state index contributed by atoms with van der Waals surface area (Å²) in [4.78, 5) is 13.0. The van der Waals surface area contributed by atoms with Crippen LogP contribution in [0.25, 0.3) is 0 Å². The molecule has 5 N–H and O–H groups in total. The Morgan fingerprint density at radius 3 is 2.55 bits per heavy atom. The van der Waals surface area contributed by atoms with Crippen molar-refractivity contribution in [1.29, 1.82) is 0 Å². The van der Waals surface area contributed by atoms with E-state index in [0.29, 0.717) is 31.5 Å². The molecule has 4 rings (SSSR count). The first-order valence-electron chi connectivity index (χ1n) is 11.3. The summed E-state index contributed by atoms with van der Waals surface area (Å²) in [6.45, 7) is 4.36. The molecule has 0 spiro atoms. The SMILES string of the molecule is Cc1cc(O)cc(C)c1C[C@H](N)C(=O)N[C@@H]1CCNc2c(F)cc(Cc3ccccc3)cc21. The fourth-order valence-electron chi connectivity index (χ4n) is 4.61. The van der Waals surface area contributed by atoms with Crippen LogP contribution in [0.15, 0.2) is 54.6 Å². The number of amides is 1. The highest BCUT2D eigenvalue weighted by molar-refractivity contribution is 5.82. The van der Waals surface area contributed by atoms with Gasteiger partial charge in [-0.2, -0.15) is 0 Å². The number of fused-ring (bicyclic) bond motifs is 1. The van der Waals surface area contributed by atoms with Gasteiger partial charge in [0.2, 0.25) is 5.91 Å². The van der Waals surface area contributed by atoms with Crippen LogP contribution in [0.3, 0.4) is 0 Å². The normalized spacial score (nSPS) is 15.9. The predicted octanol–water partition coefficient (Wildman–Crippen LogP) is 4.28. The largest absolute Gasteiger partial charge is 0.508 e. The van der Waals surface area contributed by atoms with Crippen LogP contribution < -0.4 is 16.4 Å². The molecule has 0 fully saturated rings. The zero-order chi connectivity index (χ0) is 23.5. The molecular weight excluding hydrogens is 417 g/mol. The Labute approximate surface area is 193 Å². The fraction of sp³-hybridized carbons (Fsp3) is 0.296. The lowest BCUT2D eigenvalue weighted by Gasteiger charge is -2.29. The van der Waals surface area contributed by atoms with Crippen molar-refractivity contribution in [2.45, 2.75) is 45.2 Å². The van der Waals surface area contributed by atoms with Crippen molar-refractivity contribution in [3.63, 3.8) is 0 Å². The zero-order valence-corrected chi connectivity index (χ0v) is 19.0. The Bertz CT molecular complexity index is 1140. The van der Waals surface area contributed by atoms with Gasteiger partial charge in [-0.3, -0.25) is 4.79 Å². The molecule has 1 aliphatic rings. The van der Waals surface area contributed by atoms with Crippen molar-refractivity contribution in [2.75, 3.05) is 11.9 Å². The molecule has 172 valence electrons. The predicted molar refractivity (Wildman–Crippen MR) is 129 cm³/mol. The number of rotatable bonds is 6. The highest BCUT2D eigenvalue weighted by Gasteiger charge is 2.27. The quantitative estimate of drug-likeness (QED) is 0.454. The summed E-state index contributed by atoms with van der Waals surface area (Å²) in [6.07, 6.45) is 1.63. The highest BCUT2D eigenvalue weighted by atomic mass is 19.1. The molecular formula is C27H30FN3O2. The summed E-state index contributed by atoms with van der Waals surface area (Å²) in [5, 5.41) is 15.9. The molecule has 0 saturated heterocycles. The van der Waals surface area contributed by atoms with Gasteiger partial charge < -0.3 is 21.5 Å². The summed E-state index contributed by atoms with van der Waals surface area (Å²) in [5.41, 5.74) is 12.2. The number of aryl methyl sites for hydroxylation is 2. The molecule has 0 unspecified atom stereocenters. The summed E-state index contributed by atoms with van der Waals surface area (Å²) < 4.78 is 14.9. The average molecular weight is 448 g/mol. The summed E-state index contributed by atoms with van der Waals surface area (Å²) in [6, 6.07) is 15.7. The Balaban J connectivity index is 1.52. The van der Waals surface area contributed by atoms with Crippen molar-refractivity contribution < 1.29 is 14.3 Å². The lowest BCUT2D eigenvalue weighted by atomic mass is 9.92. The van der Waals surface area contributed by atoms with Gasteiger partial charge in [0, 0.05) is 12.1 Å². The first-order valence-corrected chi connectivity index (χ1v) is 11.3. The maximum atomic E-state index is 14.9. The fourth-order valence-corrected chi connectivity index (χ4v) is 4.61. The number of halogens is 1. The minimum absolute atomic E-state index is 0.200. The number of carbonyl (C=O) groups excluding carboxylic acids is 1. The average Bonchev–Trinajstić information content (AvgIpc) is 2.77. The highest BCUT2D eigenvalue weighted by Crippen LogP contribution is 2.34. The lowest BCUT2D eigenvalue weighted by Crippen LogP contribution is -2.45. The molecule has 3 aromatic rings. The number of phenols is 1. The van der Waals surface area contributed by atoms with Crippen LogP contribution in [0, 0.1) is 19.7 Å². The van der Waals surface area contributed by atoms with Gasteiger partial charge in [-0.25, -0.2) is 4.39 Å². The molecule has 5 nitrogen and oxygen atoms in total. The molecule has 3 aromatic carbocycles. The third kappa shape index (κ3) is 5.17. The van der Waals surface area contributed by atoms with Crippen molar-refractivity contribution in [3.8, 4) is 5.75 Å². The van der Waals surface area contributed by atoms with Crippen molar-refractivity contribution >= 4 is 11.6 Å². The number of carbonyl (C=O) groups is 1. The third-order valence-electron chi connectivity index (χ3n) is 6.30. The van der Waals surface area contributed by atoms with Gasteiger partial charge in [-0.05, 0) is 79.1 Å². The minimum Gasteiger partial charge on any atom is -0.508 e. The maximum Gasteiger partial charge on any atom is 0.237 e. The smallest absolute Gasteiger partial charge is 0.237 e. The molecule has 0 saturated carbocycles. The van der Waals surface area contributed by atoms with Crippen molar-refractivity contribution in [3.05, 3.63) is 93.8 Å². The third-order valence-corrected chi connectivity index (χ3v) is 6.30. The first-order chi connectivity index (χ1) is 15.8. The summed E-state index contributed by atoms with van der Waals surface area (Å²) >= 11 is 0. The Hall–Kier alpha value is -3.38. The number of phenolic OH excluding ortho intramolecular Hbond substituents is 1. The molecule has 0 aromatic heterocycles. The van der Waals surface area contributed by atoms with Gasteiger partial charge in [-0.15, -0.1) is 0 Å². The van der Waals surface area contributed by atoms with Crippen LogP contribution in [0.5, 0.6) is 5.75 Å². The number of nitrogens with two attached hydrogens (primary N) is 1. The van der Waals surface area contributed by atoms with E-state index in [4.69, 9.17) is 5.73 Å². The Kier molecular flexibility index (Phi) is 6.65. The number of nitrogens with one attached hydrogen (secondary N) is 2. The summed E-state index contributed by atoms with van der Waals surface area (Å²) in [7, 11) is 0. The van der Waals surface area contributed by atoms with E-state index in [0.717, 1.165) is 33.4 Å². The molecule has 6 heteroatoms. The molecule has 0 aliphatic carbocycles. The van der Waals surface area contributed by atoms with E-state index in [9.17, 15) is 14.3 Å². The second-order valence-electron chi connectivity index (χ2n) is 8.85. The van der Waals surface area contributed by atoms with Crippen molar-refractivity contribution in [2.24, 2.45) is 5.73 Å². The lowest BCUT2D eigenvalue weighted by molar-refractivity contribution is -0.123. The van der Waals surface area contributed by atoms with E-state index in [1.807, 2.05) is 50.2 Å². The van der Waals surface area contributed by atoms with E-state index >= 15 is 0 Å². The van der Waals surface area contributed by atoms with E-state index in [1.165, 1.54) is 0 Å². The van der Waals surface area contributed by atoms with Crippen LogP contribution >= 0.6 is 0 Å². The van der Waals surface area contributed by atoms with Gasteiger partial charge >= 0.3 is 0 Å². The van der Waals surface area contributed by atoms with Gasteiger partial charge in [0.05, 0.1) is 17.8 Å². The standard InChI is InChI=1S/C27H30FN3O2/c1-16-10-20(32)11-17(2)21(16)15-24(29)27(33)31-25-8-9-30-26-22(25)13-19(14-23(26)28)12-18-6-4-3-5-7-18/h3-7,10-11,13-14,24-25,30,32H,8-9,12,15,29H2,1-2H3,(H,31,33)/t24-,25+/m0/s1. The number of anilines is 1. The van der Waals surface area contributed by atoms with Gasteiger partial charge in [0.25, 0.3) is 0 Å². The molecule has 2 atom stereocenters. The monoisotopic (exact) mass is 447 g/mol. The van der Waals surface area contributed by atoms with Crippen LogP contribution in [0.1, 0.15) is 45.8 Å². The molecule has 33 heavy (non-hydrogen) atoms. The molecule has 1 amide bonds. The topological polar surface area (TPSA) is 87.4 Å². The number of hydrogen-bond acceptors (Lipinski definition) is 4. The van der Waals surface area contributed by atoms with Gasteiger partial charge in [0.1, 0.15) is 11.6 Å². The molecule has 1 aliphatic heterocycles. The van der Waals surface area contributed by atoms with Crippen LogP contribution in [0.4, 0.5) is 10.1 Å². The van der Waals surface area contributed by atoms with Crippen LogP contribution in [-0.2, 0) is 17.6 Å². The van der Waals surface area contributed by atoms with E-state index < -0.39 is 6.04 Å². The zero-order valence-electron chi connectivity index (χ0n) is 19.0. The number of aromatic hydroxyl groups is 1. The van der Waals surface area contributed by atoms with Crippen LogP contribution in [0.2, 0.25) is 0 Å². The van der Waals surface area contributed by atoms with E-state index in [1.54, 1.807) is 18.2 Å². The van der Waals surface area contributed by atoms with E-state index in [-0.39, 0.29) is 23.5 Å². The van der Waals surface area contributed by atoms with Crippen molar-refractivity contribution in [1.82, 2.24) is 5.32 Å². The van der Waals surface area contributed by atoms with Gasteiger partial charge in [-0.1, -0.05) is 36.4 Å². The molecule has 0 radical (unpaired) electrons. The number of benzene rings is 3. The maximum absolute atomic E-state index is 14.9. The Morgan fingerprint density at radius 1 is 1.15 bits per heavy atom. The first kappa shape index (κ1) is 22.8. The Morgan fingerprint density at radius 2 is 1.85 bits per heavy atom.